The number of carbonyl (C=O) groups excluding carboxylic acids is 1. The Bertz CT molecular complexity index is 1330. The maximum Gasteiger partial charge on any atom is 0.322 e. The highest BCUT2D eigenvalue weighted by molar-refractivity contribution is 5.91. The average Bonchev–Trinajstić information content (AvgIpc) is 3.22. The van der Waals surface area contributed by atoms with E-state index in [0.717, 1.165) is 33.5 Å². The molecular formula is C25H22N4O4. The van der Waals surface area contributed by atoms with Crippen LogP contribution in [0.4, 0.5) is 16.2 Å². The molecule has 0 saturated carbocycles. The van der Waals surface area contributed by atoms with E-state index in [1.54, 1.807) is 24.1 Å². The molecular weight excluding hydrogens is 420 g/mol. The number of amides is 2. The predicted octanol–water partition coefficient (Wildman–Crippen LogP) is 5.26. The number of nitrogens with zero attached hydrogens (tertiary/aromatic N) is 2. The quantitative estimate of drug-likeness (QED) is 0.332. The molecule has 2 N–H and O–H groups in total. The molecule has 0 bridgehead atoms. The fourth-order valence-electron chi connectivity index (χ4n) is 4.46. The van der Waals surface area contributed by atoms with Crippen molar-refractivity contribution in [3.05, 3.63) is 99.7 Å². The van der Waals surface area contributed by atoms with Crippen LogP contribution in [0.2, 0.25) is 0 Å². The Kier molecular flexibility index (Phi) is 5.18. The largest absolute Gasteiger partial charge is 0.497 e. The number of H-pyrrole nitrogens is 1. The Morgan fingerprint density at radius 1 is 1.12 bits per heavy atom. The molecule has 0 radical (unpaired) electrons. The van der Waals surface area contributed by atoms with Crippen LogP contribution in [0.25, 0.3) is 10.9 Å². The SMILES string of the molecule is COc1ccc2[nH]c3c(c2c1)CCN(C(=O)Nc1ccccc1)[C@@H]3c1ccc([N+](=O)[O-])cc1. The Balaban J connectivity index is 1.59. The van der Waals surface area contributed by atoms with Crippen molar-refractivity contribution in [1.29, 1.82) is 0 Å². The number of aromatic amines is 1. The van der Waals surface area contributed by atoms with Gasteiger partial charge in [0.2, 0.25) is 0 Å². The number of urea groups is 1. The zero-order valence-electron chi connectivity index (χ0n) is 17.9. The molecule has 0 saturated heterocycles. The molecule has 1 aliphatic heterocycles. The van der Waals surface area contributed by atoms with Gasteiger partial charge in [-0.05, 0) is 60.0 Å². The number of fused-ring (bicyclic) bond motifs is 3. The number of carbonyl (C=O) groups is 1. The van der Waals surface area contributed by atoms with Crippen LogP contribution < -0.4 is 10.1 Å². The molecule has 1 atom stereocenters. The van der Waals surface area contributed by atoms with Crippen LogP contribution in [-0.4, -0.2) is 34.5 Å². The third-order valence-electron chi connectivity index (χ3n) is 6.04. The fourth-order valence-corrected chi connectivity index (χ4v) is 4.46. The number of hydrogen-bond acceptors (Lipinski definition) is 4. The van der Waals surface area contributed by atoms with Gasteiger partial charge in [0.25, 0.3) is 5.69 Å². The van der Waals surface area contributed by atoms with Crippen LogP contribution in [0, 0.1) is 10.1 Å². The summed E-state index contributed by atoms with van der Waals surface area (Å²) >= 11 is 0. The van der Waals surface area contributed by atoms with Gasteiger partial charge in [-0.15, -0.1) is 0 Å². The Labute approximate surface area is 189 Å². The van der Waals surface area contributed by atoms with E-state index in [0.29, 0.717) is 18.7 Å². The second-order valence-corrected chi connectivity index (χ2v) is 7.92. The molecule has 5 rings (SSSR count). The highest BCUT2D eigenvalue weighted by Crippen LogP contribution is 2.40. The minimum atomic E-state index is -0.425. The van der Waals surface area contributed by atoms with Crippen LogP contribution >= 0.6 is 0 Å². The predicted molar refractivity (Wildman–Crippen MR) is 126 cm³/mol. The number of nitrogens with one attached hydrogen (secondary N) is 2. The number of aromatic nitrogens is 1. The second-order valence-electron chi connectivity index (χ2n) is 7.92. The minimum absolute atomic E-state index is 0.0106. The van der Waals surface area contributed by atoms with Gasteiger partial charge in [-0.1, -0.05) is 18.2 Å². The standard InChI is InChI=1S/C25H22N4O4/c1-33-19-11-12-22-21(15-19)20-13-14-28(25(30)26-17-5-3-2-4-6-17)24(23(20)27-22)16-7-9-18(10-8-16)29(31)32/h2-12,15,24,27H,13-14H2,1H3,(H,26,30)/t24-/m1/s1. The van der Waals surface area contributed by atoms with Gasteiger partial charge in [0.15, 0.2) is 0 Å². The van der Waals surface area contributed by atoms with Crippen molar-refractivity contribution in [3.8, 4) is 5.75 Å². The van der Waals surface area contributed by atoms with Gasteiger partial charge in [-0.25, -0.2) is 4.79 Å². The van der Waals surface area contributed by atoms with Crippen molar-refractivity contribution in [2.75, 3.05) is 19.0 Å². The van der Waals surface area contributed by atoms with Gasteiger partial charge >= 0.3 is 6.03 Å². The first kappa shape index (κ1) is 20.6. The smallest absolute Gasteiger partial charge is 0.322 e. The van der Waals surface area contributed by atoms with Crippen molar-refractivity contribution < 1.29 is 14.5 Å². The van der Waals surface area contributed by atoms with Gasteiger partial charge in [0.05, 0.1) is 18.1 Å². The summed E-state index contributed by atoms with van der Waals surface area (Å²) in [5, 5.41) is 15.2. The van der Waals surface area contributed by atoms with E-state index in [-0.39, 0.29) is 11.7 Å². The topological polar surface area (TPSA) is 100 Å². The van der Waals surface area contributed by atoms with Crippen LogP contribution in [0.15, 0.2) is 72.8 Å². The molecule has 1 aliphatic rings. The van der Waals surface area contributed by atoms with Crippen LogP contribution in [0.5, 0.6) is 5.75 Å². The Hall–Kier alpha value is -4.33. The lowest BCUT2D eigenvalue weighted by Crippen LogP contribution is -2.43. The number of benzene rings is 3. The van der Waals surface area contributed by atoms with E-state index in [2.05, 4.69) is 10.3 Å². The molecule has 0 fully saturated rings. The Morgan fingerprint density at radius 3 is 2.58 bits per heavy atom. The maximum absolute atomic E-state index is 13.3. The molecule has 1 aromatic heterocycles. The lowest BCUT2D eigenvalue weighted by Gasteiger charge is -2.36. The van der Waals surface area contributed by atoms with Crippen LogP contribution in [-0.2, 0) is 6.42 Å². The first-order valence-electron chi connectivity index (χ1n) is 10.6. The van der Waals surface area contributed by atoms with E-state index in [9.17, 15) is 14.9 Å². The number of non-ortho nitro benzene ring substituents is 1. The maximum atomic E-state index is 13.3. The summed E-state index contributed by atoms with van der Waals surface area (Å²) in [6.45, 7) is 0.498. The number of rotatable bonds is 4. The molecule has 33 heavy (non-hydrogen) atoms. The Morgan fingerprint density at radius 2 is 1.88 bits per heavy atom. The molecule has 166 valence electrons. The fraction of sp³-hybridized carbons (Fsp3) is 0.160. The molecule has 8 nitrogen and oxygen atoms in total. The van der Waals surface area contributed by atoms with Gasteiger partial charge in [-0.2, -0.15) is 0 Å². The van der Waals surface area contributed by atoms with E-state index in [4.69, 9.17) is 4.74 Å². The summed E-state index contributed by atoms with van der Waals surface area (Å²) in [7, 11) is 1.63. The summed E-state index contributed by atoms with van der Waals surface area (Å²) in [4.78, 5) is 29.3. The number of anilines is 1. The van der Waals surface area contributed by atoms with Gasteiger partial charge in [0.1, 0.15) is 5.75 Å². The highest BCUT2D eigenvalue weighted by Gasteiger charge is 2.35. The second kappa shape index (κ2) is 8.31. The van der Waals surface area contributed by atoms with E-state index < -0.39 is 11.0 Å². The average molecular weight is 442 g/mol. The van der Waals surface area contributed by atoms with E-state index in [1.807, 2.05) is 48.5 Å². The third-order valence-corrected chi connectivity index (χ3v) is 6.04. The summed E-state index contributed by atoms with van der Waals surface area (Å²) in [6, 6.07) is 20.9. The number of methoxy groups -OCH3 is 1. The minimum Gasteiger partial charge on any atom is -0.497 e. The van der Waals surface area contributed by atoms with Crippen molar-refractivity contribution in [2.24, 2.45) is 0 Å². The number of nitro groups is 1. The van der Waals surface area contributed by atoms with Crippen molar-refractivity contribution >= 4 is 28.3 Å². The molecule has 8 heteroatoms. The molecule has 2 amide bonds. The zero-order valence-corrected chi connectivity index (χ0v) is 17.9. The normalized spacial score (nSPS) is 15.2. The number of ether oxygens (including phenoxy) is 1. The third kappa shape index (κ3) is 3.76. The molecule has 4 aromatic rings. The first-order valence-corrected chi connectivity index (χ1v) is 10.6. The molecule has 2 heterocycles. The first-order chi connectivity index (χ1) is 16.0. The lowest BCUT2D eigenvalue weighted by atomic mass is 9.92. The number of nitro benzene ring substituents is 1. The molecule has 0 unspecified atom stereocenters. The molecule has 0 spiro atoms. The van der Waals surface area contributed by atoms with Crippen LogP contribution in [0.3, 0.4) is 0 Å². The van der Waals surface area contributed by atoms with Crippen molar-refractivity contribution in [1.82, 2.24) is 9.88 Å². The van der Waals surface area contributed by atoms with Crippen molar-refractivity contribution in [3.63, 3.8) is 0 Å². The summed E-state index contributed by atoms with van der Waals surface area (Å²) in [5.74, 6) is 0.764. The number of hydrogen-bond donors (Lipinski definition) is 2. The molecule has 3 aromatic carbocycles. The van der Waals surface area contributed by atoms with E-state index in [1.165, 1.54) is 12.1 Å². The number of para-hydroxylation sites is 1. The van der Waals surface area contributed by atoms with Crippen molar-refractivity contribution in [2.45, 2.75) is 12.5 Å². The summed E-state index contributed by atoms with van der Waals surface area (Å²) in [5.41, 5.74) is 4.49. The zero-order chi connectivity index (χ0) is 22.9. The monoisotopic (exact) mass is 442 g/mol. The molecule has 0 aliphatic carbocycles. The van der Waals surface area contributed by atoms with Gasteiger partial charge in [-0.3, -0.25) is 10.1 Å². The van der Waals surface area contributed by atoms with Gasteiger partial charge < -0.3 is 19.9 Å². The summed E-state index contributed by atoms with van der Waals surface area (Å²) in [6.07, 6.45) is 0.675. The van der Waals surface area contributed by atoms with E-state index >= 15 is 0 Å². The summed E-state index contributed by atoms with van der Waals surface area (Å²) < 4.78 is 5.40. The lowest BCUT2D eigenvalue weighted by molar-refractivity contribution is -0.384. The van der Waals surface area contributed by atoms with Gasteiger partial charge in [0, 0.05) is 41.0 Å². The highest BCUT2D eigenvalue weighted by atomic mass is 16.6. The van der Waals surface area contributed by atoms with Crippen LogP contribution in [0.1, 0.15) is 22.9 Å².